The van der Waals surface area contributed by atoms with Gasteiger partial charge in [0.15, 0.2) is 6.04 Å². The van der Waals surface area contributed by atoms with Gasteiger partial charge in [-0.2, -0.15) is 4.98 Å². The number of aliphatic hydroxyl groups excluding tert-OH is 1. The van der Waals surface area contributed by atoms with Crippen LogP contribution in [0.5, 0.6) is 0 Å². The first-order valence-electron chi connectivity index (χ1n) is 7.89. The lowest BCUT2D eigenvalue weighted by atomic mass is 10.2. The van der Waals surface area contributed by atoms with Crippen LogP contribution in [-0.2, 0) is 20.8 Å². The molecule has 0 aliphatic carbocycles. The average Bonchev–Trinajstić information content (AvgIpc) is 3.06. The molecule has 26 heavy (non-hydrogen) atoms. The fourth-order valence-electron chi connectivity index (χ4n) is 1.90. The van der Waals surface area contributed by atoms with Crippen LogP contribution in [0.15, 0.2) is 4.52 Å². The van der Waals surface area contributed by atoms with Gasteiger partial charge >= 0.3 is 12.0 Å². The van der Waals surface area contributed by atoms with Crippen LogP contribution in [-0.4, -0.2) is 85.0 Å². The van der Waals surface area contributed by atoms with E-state index in [9.17, 15) is 14.7 Å². The van der Waals surface area contributed by atoms with E-state index in [-0.39, 0.29) is 12.4 Å². The van der Waals surface area contributed by atoms with E-state index in [0.717, 1.165) is 0 Å². The molecule has 1 aromatic heterocycles. The van der Waals surface area contributed by atoms with Crippen LogP contribution in [0.1, 0.15) is 12.8 Å². The first-order valence-corrected chi connectivity index (χ1v) is 7.89. The summed E-state index contributed by atoms with van der Waals surface area (Å²) in [7, 11) is 3.16. The molecule has 0 spiro atoms. The highest BCUT2D eigenvalue weighted by atomic mass is 16.5. The first-order chi connectivity index (χ1) is 12.4. The number of urea groups is 1. The van der Waals surface area contributed by atoms with Gasteiger partial charge in [-0.1, -0.05) is 0 Å². The van der Waals surface area contributed by atoms with Gasteiger partial charge in [0.2, 0.25) is 5.89 Å². The number of carbonyl (C=O) groups excluding carboxylic acids is 1. The molecule has 148 valence electrons. The lowest BCUT2D eigenvalue weighted by molar-refractivity contribution is -0.141. The molecule has 0 radical (unpaired) electrons. The number of nitrogens with one attached hydrogen (secondary N) is 2. The molecular weight excluding hydrogens is 350 g/mol. The van der Waals surface area contributed by atoms with Gasteiger partial charge in [0.25, 0.3) is 5.95 Å². The minimum absolute atomic E-state index is 0.104. The monoisotopic (exact) mass is 375 g/mol. The van der Waals surface area contributed by atoms with Gasteiger partial charge in [0.1, 0.15) is 0 Å². The third-order valence-electron chi connectivity index (χ3n) is 3.31. The van der Waals surface area contributed by atoms with Crippen LogP contribution >= 0.6 is 0 Å². The molecule has 0 bridgehead atoms. The van der Waals surface area contributed by atoms with E-state index >= 15 is 0 Å². The van der Waals surface area contributed by atoms with Crippen LogP contribution in [0.3, 0.4) is 0 Å². The van der Waals surface area contributed by atoms with Crippen molar-refractivity contribution in [2.75, 3.05) is 45.4 Å². The average molecular weight is 375 g/mol. The van der Waals surface area contributed by atoms with Gasteiger partial charge in [-0.25, -0.2) is 9.59 Å². The second kappa shape index (κ2) is 11.2. The van der Waals surface area contributed by atoms with Gasteiger partial charge in [-0.05, 0) is 12.1 Å². The first kappa shape index (κ1) is 21.6. The number of nitrogens with zero attached hydrogens (tertiary/aromatic N) is 3. The van der Waals surface area contributed by atoms with Crippen molar-refractivity contribution >= 4 is 17.9 Å². The van der Waals surface area contributed by atoms with Crippen molar-refractivity contribution in [3.05, 3.63) is 5.89 Å². The standard InChI is InChI=1S/C14H25N5O7/c1-9(20)11(12(21)22)17-14(23)15-8-10-16-13(18-26-10)19(4-6-24-2)5-7-25-3/h9,11,20H,4-8H2,1-3H3,(H,21,22)(H2,15,17,23)/t9?,11-/m0/s1. The summed E-state index contributed by atoms with van der Waals surface area (Å²) in [5.41, 5.74) is 0. The summed E-state index contributed by atoms with van der Waals surface area (Å²) in [5.74, 6) is -0.884. The number of carbonyl (C=O) groups is 2. The maximum absolute atomic E-state index is 11.7. The lowest BCUT2D eigenvalue weighted by Crippen LogP contribution is -2.51. The number of methoxy groups -OCH3 is 2. The molecule has 0 fully saturated rings. The van der Waals surface area contributed by atoms with Crippen molar-refractivity contribution in [2.45, 2.75) is 25.6 Å². The van der Waals surface area contributed by atoms with Gasteiger partial charge in [0.05, 0.1) is 25.9 Å². The van der Waals surface area contributed by atoms with Crippen LogP contribution in [0, 0.1) is 0 Å². The molecule has 1 aromatic rings. The van der Waals surface area contributed by atoms with Gasteiger partial charge < -0.3 is 39.7 Å². The zero-order chi connectivity index (χ0) is 19.5. The van der Waals surface area contributed by atoms with Crippen LogP contribution in [0.2, 0.25) is 0 Å². The van der Waals surface area contributed by atoms with Crippen LogP contribution in [0.25, 0.3) is 0 Å². The number of hydrogen-bond donors (Lipinski definition) is 4. The van der Waals surface area contributed by atoms with E-state index in [0.29, 0.717) is 32.3 Å². The number of rotatable bonds is 12. The number of anilines is 1. The lowest BCUT2D eigenvalue weighted by Gasteiger charge is -2.19. The normalized spacial score (nSPS) is 13.1. The molecule has 0 saturated heterocycles. The number of aliphatic hydroxyl groups is 1. The van der Waals surface area contributed by atoms with E-state index in [4.69, 9.17) is 19.1 Å². The molecule has 0 aromatic carbocycles. The highest BCUT2D eigenvalue weighted by Gasteiger charge is 2.25. The maximum Gasteiger partial charge on any atom is 0.328 e. The number of aromatic nitrogens is 2. The van der Waals surface area contributed by atoms with Crippen LogP contribution < -0.4 is 15.5 Å². The minimum Gasteiger partial charge on any atom is -0.480 e. The topological polar surface area (TPSA) is 159 Å². The van der Waals surface area contributed by atoms with Gasteiger partial charge in [0, 0.05) is 27.3 Å². The van der Waals surface area contributed by atoms with Crippen molar-refractivity contribution in [1.29, 1.82) is 0 Å². The Hall–Kier alpha value is -2.44. The van der Waals surface area contributed by atoms with Crippen LogP contribution in [0.4, 0.5) is 10.7 Å². The molecule has 2 amide bonds. The molecule has 1 heterocycles. The molecule has 0 aliphatic heterocycles. The summed E-state index contributed by atoms with van der Waals surface area (Å²) in [5, 5.41) is 26.6. The predicted octanol–water partition coefficient (Wildman–Crippen LogP) is -1.20. The molecular formula is C14H25N5O7. The van der Waals surface area contributed by atoms with Crippen molar-refractivity contribution in [3.8, 4) is 0 Å². The summed E-state index contributed by atoms with van der Waals surface area (Å²) in [6, 6.07) is -2.21. The molecule has 2 atom stereocenters. The highest BCUT2D eigenvalue weighted by molar-refractivity contribution is 5.82. The second-order valence-corrected chi connectivity index (χ2v) is 5.34. The third-order valence-corrected chi connectivity index (χ3v) is 3.31. The number of hydrogen-bond acceptors (Lipinski definition) is 9. The Kier molecular flexibility index (Phi) is 9.33. The Labute approximate surface area is 150 Å². The summed E-state index contributed by atoms with van der Waals surface area (Å²) >= 11 is 0. The zero-order valence-electron chi connectivity index (χ0n) is 15.0. The van der Waals surface area contributed by atoms with E-state index < -0.39 is 24.1 Å². The largest absolute Gasteiger partial charge is 0.480 e. The fraction of sp³-hybridized carbons (Fsp3) is 0.714. The van der Waals surface area contributed by atoms with E-state index in [2.05, 4.69) is 20.8 Å². The number of aliphatic carboxylic acids is 1. The summed E-state index contributed by atoms with van der Waals surface area (Å²) in [6.07, 6.45) is -1.25. The Bertz CT molecular complexity index is 558. The highest BCUT2D eigenvalue weighted by Crippen LogP contribution is 2.09. The second-order valence-electron chi connectivity index (χ2n) is 5.34. The molecule has 0 aliphatic rings. The fourth-order valence-corrected chi connectivity index (χ4v) is 1.90. The summed E-state index contributed by atoms with van der Waals surface area (Å²) in [4.78, 5) is 28.6. The van der Waals surface area contributed by atoms with Crippen molar-refractivity contribution in [1.82, 2.24) is 20.8 Å². The van der Waals surface area contributed by atoms with E-state index in [1.807, 2.05) is 0 Å². The maximum atomic E-state index is 11.7. The predicted molar refractivity (Wildman–Crippen MR) is 88.7 cm³/mol. The molecule has 12 nitrogen and oxygen atoms in total. The molecule has 0 saturated carbocycles. The third kappa shape index (κ3) is 7.21. The summed E-state index contributed by atoms with van der Waals surface area (Å²) < 4.78 is 15.1. The van der Waals surface area contributed by atoms with Gasteiger partial charge in [-0.3, -0.25) is 0 Å². The molecule has 1 unspecified atom stereocenters. The van der Waals surface area contributed by atoms with Crippen molar-refractivity contribution in [2.24, 2.45) is 0 Å². The molecule has 12 heteroatoms. The Morgan fingerprint density at radius 3 is 2.38 bits per heavy atom. The molecule has 4 N–H and O–H groups in total. The number of amides is 2. The minimum atomic E-state index is -1.42. The zero-order valence-corrected chi connectivity index (χ0v) is 15.0. The quantitative estimate of drug-likeness (QED) is 0.349. The molecule has 1 rings (SSSR count). The Morgan fingerprint density at radius 2 is 1.88 bits per heavy atom. The van der Waals surface area contributed by atoms with E-state index in [1.54, 1.807) is 19.1 Å². The number of ether oxygens (including phenoxy) is 2. The van der Waals surface area contributed by atoms with E-state index in [1.165, 1.54) is 6.92 Å². The van der Waals surface area contributed by atoms with Gasteiger partial charge in [-0.15, -0.1) is 0 Å². The Morgan fingerprint density at radius 1 is 1.27 bits per heavy atom. The summed E-state index contributed by atoms with van der Waals surface area (Å²) in [6.45, 7) is 3.14. The smallest absolute Gasteiger partial charge is 0.328 e. The SMILES string of the molecule is COCCN(CCOC)c1noc(CNC(=O)N[C@H](C(=O)O)C(C)O)n1. The number of carboxylic acids is 1. The van der Waals surface area contributed by atoms with Crippen molar-refractivity contribution in [3.63, 3.8) is 0 Å². The number of carboxylic acid groups (broad SMARTS) is 1. The van der Waals surface area contributed by atoms with Crippen molar-refractivity contribution < 1.29 is 33.8 Å². The Balaban J connectivity index is 2.58.